The molecule has 0 bridgehead atoms. The van der Waals surface area contributed by atoms with E-state index in [1.807, 2.05) is 37.3 Å². The zero-order chi connectivity index (χ0) is 17.3. The molecule has 1 N–H and O–H groups in total. The molecule has 0 saturated carbocycles. The third kappa shape index (κ3) is 3.55. The van der Waals surface area contributed by atoms with E-state index in [1.165, 1.54) is 22.7 Å². The maximum Gasteiger partial charge on any atom is 0.269 e. The molecule has 0 fully saturated rings. The van der Waals surface area contributed by atoms with Crippen LogP contribution in [0.3, 0.4) is 0 Å². The predicted molar refractivity (Wildman–Crippen MR) is 101 cm³/mol. The SMILES string of the molecule is Cc1nc(NC(=O)c2cnc(C(C)(C)C)s2)sc1-c1ccccc1. The topological polar surface area (TPSA) is 54.9 Å². The molecule has 24 heavy (non-hydrogen) atoms. The number of carbonyl (C=O) groups is 1. The smallest absolute Gasteiger partial charge is 0.269 e. The highest BCUT2D eigenvalue weighted by atomic mass is 32.1. The molecule has 3 rings (SSSR count). The van der Waals surface area contributed by atoms with Gasteiger partial charge in [-0.25, -0.2) is 9.97 Å². The van der Waals surface area contributed by atoms with Crippen molar-refractivity contribution in [2.45, 2.75) is 33.1 Å². The van der Waals surface area contributed by atoms with Crippen molar-refractivity contribution < 1.29 is 4.79 Å². The van der Waals surface area contributed by atoms with Crippen LogP contribution in [0.15, 0.2) is 36.5 Å². The molecular formula is C18H19N3OS2. The van der Waals surface area contributed by atoms with E-state index in [4.69, 9.17) is 0 Å². The largest absolute Gasteiger partial charge is 0.297 e. The van der Waals surface area contributed by atoms with Crippen molar-refractivity contribution in [3.63, 3.8) is 0 Å². The Labute approximate surface area is 149 Å². The lowest BCUT2D eigenvalue weighted by Crippen LogP contribution is -2.10. The monoisotopic (exact) mass is 357 g/mol. The van der Waals surface area contributed by atoms with E-state index in [0.717, 1.165) is 21.1 Å². The van der Waals surface area contributed by atoms with Crippen LogP contribution in [0.5, 0.6) is 0 Å². The zero-order valence-electron chi connectivity index (χ0n) is 14.1. The number of thiazole rings is 2. The van der Waals surface area contributed by atoms with Gasteiger partial charge in [0.1, 0.15) is 4.88 Å². The first-order chi connectivity index (χ1) is 11.3. The van der Waals surface area contributed by atoms with Crippen molar-refractivity contribution in [3.05, 3.63) is 52.1 Å². The second kappa shape index (κ2) is 6.45. The number of benzene rings is 1. The number of anilines is 1. The molecule has 0 radical (unpaired) electrons. The molecule has 124 valence electrons. The zero-order valence-corrected chi connectivity index (χ0v) is 15.7. The third-order valence-corrected chi connectivity index (χ3v) is 5.97. The number of aryl methyl sites for hydroxylation is 1. The Balaban J connectivity index is 1.79. The Kier molecular flexibility index (Phi) is 4.51. The minimum Gasteiger partial charge on any atom is -0.297 e. The summed E-state index contributed by atoms with van der Waals surface area (Å²) in [6.07, 6.45) is 1.64. The van der Waals surface area contributed by atoms with E-state index in [1.54, 1.807) is 6.20 Å². The van der Waals surface area contributed by atoms with E-state index < -0.39 is 0 Å². The molecule has 0 aliphatic rings. The van der Waals surface area contributed by atoms with Gasteiger partial charge in [0.15, 0.2) is 5.13 Å². The lowest BCUT2D eigenvalue weighted by Gasteiger charge is -2.13. The van der Waals surface area contributed by atoms with Crippen LogP contribution in [0, 0.1) is 6.92 Å². The molecule has 0 spiro atoms. The second-order valence-corrected chi connectivity index (χ2v) is 8.56. The van der Waals surface area contributed by atoms with Gasteiger partial charge in [-0.05, 0) is 12.5 Å². The van der Waals surface area contributed by atoms with Crippen molar-refractivity contribution >= 4 is 33.7 Å². The van der Waals surface area contributed by atoms with Crippen LogP contribution in [-0.4, -0.2) is 15.9 Å². The van der Waals surface area contributed by atoms with Gasteiger partial charge in [0.2, 0.25) is 0 Å². The fourth-order valence-electron chi connectivity index (χ4n) is 2.19. The molecule has 0 atom stereocenters. The molecule has 1 amide bonds. The minimum absolute atomic E-state index is 0.0541. The van der Waals surface area contributed by atoms with Crippen LogP contribution in [0.1, 0.15) is 41.1 Å². The van der Waals surface area contributed by atoms with E-state index in [2.05, 4.69) is 36.1 Å². The fraction of sp³-hybridized carbons (Fsp3) is 0.278. The van der Waals surface area contributed by atoms with Crippen LogP contribution in [0.2, 0.25) is 0 Å². The average molecular weight is 358 g/mol. The molecule has 2 aromatic heterocycles. The molecular weight excluding hydrogens is 338 g/mol. The van der Waals surface area contributed by atoms with Gasteiger partial charge in [0, 0.05) is 5.41 Å². The molecule has 4 nitrogen and oxygen atoms in total. The first kappa shape index (κ1) is 16.8. The number of carbonyl (C=O) groups excluding carboxylic acids is 1. The van der Waals surface area contributed by atoms with E-state index in [0.29, 0.717) is 10.0 Å². The van der Waals surface area contributed by atoms with Gasteiger partial charge in [-0.3, -0.25) is 10.1 Å². The maximum absolute atomic E-state index is 12.4. The standard InChI is InChI=1S/C18H19N3OS2/c1-11-14(12-8-6-5-7-9-12)24-17(20-11)21-15(22)13-10-19-16(23-13)18(2,3)4/h5-10H,1-4H3,(H,20,21,22). The Morgan fingerprint density at radius 2 is 1.83 bits per heavy atom. The summed E-state index contributed by atoms with van der Waals surface area (Å²) in [4.78, 5) is 23.0. The van der Waals surface area contributed by atoms with Gasteiger partial charge in [0.05, 0.1) is 21.8 Å². The Morgan fingerprint density at radius 3 is 2.46 bits per heavy atom. The number of rotatable bonds is 3. The van der Waals surface area contributed by atoms with Crippen LogP contribution < -0.4 is 5.32 Å². The molecule has 0 unspecified atom stereocenters. The molecule has 3 aromatic rings. The highest BCUT2D eigenvalue weighted by molar-refractivity contribution is 7.19. The molecule has 0 aliphatic carbocycles. The maximum atomic E-state index is 12.4. The Morgan fingerprint density at radius 1 is 1.12 bits per heavy atom. The number of hydrogen-bond acceptors (Lipinski definition) is 5. The Hall–Kier alpha value is -2.05. The van der Waals surface area contributed by atoms with E-state index in [9.17, 15) is 4.79 Å². The van der Waals surface area contributed by atoms with Crippen LogP contribution in [-0.2, 0) is 5.41 Å². The van der Waals surface area contributed by atoms with Gasteiger partial charge >= 0.3 is 0 Å². The highest BCUT2D eigenvalue weighted by Crippen LogP contribution is 2.33. The van der Waals surface area contributed by atoms with Crippen molar-refractivity contribution in [1.82, 2.24) is 9.97 Å². The van der Waals surface area contributed by atoms with Gasteiger partial charge in [-0.1, -0.05) is 62.4 Å². The van der Waals surface area contributed by atoms with Crippen LogP contribution in [0.25, 0.3) is 10.4 Å². The summed E-state index contributed by atoms with van der Waals surface area (Å²) in [5.74, 6) is -0.156. The van der Waals surface area contributed by atoms with Gasteiger partial charge in [0.25, 0.3) is 5.91 Å². The van der Waals surface area contributed by atoms with Gasteiger partial charge in [-0.2, -0.15) is 0 Å². The molecule has 0 aliphatic heterocycles. The first-order valence-corrected chi connectivity index (χ1v) is 9.28. The lowest BCUT2D eigenvalue weighted by molar-refractivity contribution is 0.103. The third-order valence-electron chi connectivity index (χ3n) is 3.42. The second-order valence-electron chi connectivity index (χ2n) is 6.53. The minimum atomic E-state index is -0.156. The fourth-order valence-corrected chi connectivity index (χ4v) is 4.03. The van der Waals surface area contributed by atoms with E-state index >= 15 is 0 Å². The van der Waals surface area contributed by atoms with Gasteiger partial charge in [-0.15, -0.1) is 11.3 Å². The Bertz CT molecular complexity index is 860. The molecule has 6 heteroatoms. The molecule has 0 saturated heterocycles. The first-order valence-electron chi connectivity index (χ1n) is 7.65. The normalized spacial score (nSPS) is 11.5. The quantitative estimate of drug-likeness (QED) is 0.707. The summed E-state index contributed by atoms with van der Waals surface area (Å²) >= 11 is 2.92. The van der Waals surface area contributed by atoms with Crippen LogP contribution >= 0.6 is 22.7 Å². The number of nitrogens with zero attached hydrogens (tertiary/aromatic N) is 2. The summed E-state index contributed by atoms with van der Waals surface area (Å²) in [7, 11) is 0. The van der Waals surface area contributed by atoms with Crippen LogP contribution in [0.4, 0.5) is 5.13 Å². The van der Waals surface area contributed by atoms with Crippen molar-refractivity contribution in [1.29, 1.82) is 0 Å². The summed E-state index contributed by atoms with van der Waals surface area (Å²) < 4.78 is 0. The van der Waals surface area contributed by atoms with Crippen molar-refractivity contribution in [2.75, 3.05) is 5.32 Å². The number of hydrogen-bond donors (Lipinski definition) is 1. The predicted octanol–water partition coefficient (Wildman–Crippen LogP) is 5.12. The molecule has 1 aromatic carbocycles. The number of aromatic nitrogens is 2. The number of amides is 1. The highest BCUT2D eigenvalue weighted by Gasteiger charge is 2.21. The van der Waals surface area contributed by atoms with E-state index in [-0.39, 0.29) is 11.3 Å². The summed E-state index contributed by atoms with van der Waals surface area (Å²) in [5.41, 5.74) is 1.98. The summed E-state index contributed by atoms with van der Waals surface area (Å²) in [6, 6.07) is 10.1. The molecule has 2 heterocycles. The summed E-state index contributed by atoms with van der Waals surface area (Å²) in [5, 5.41) is 4.46. The van der Waals surface area contributed by atoms with Crippen molar-refractivity contribution in [3.8, 4) is 10.4 Å². The lowest BCUT2D eigenvalue weighted by atomic mass is 9.98. The summed E-state index contributed by atoms with van der Waals surface area (Å²) in [6.45, 7) is 8.22. The number of nitrogens with one attached hydrogen (secondary N) is 1. The van der Waals surface area contributed by atoms with Gasteiger partial charge < -0.3 is 0 Å². The average Bonchev–Trinajstić information content (AvgIpc) is 3.15. The van der Waals surface area contributed by atoms with Crippen molar-refractivity contribution in [2.24, 2.45) is 0 Å².